The molecule has 3 rings (SSSR count). The number of anilines is 2. The van der Waals surface area contributed by atoms with E-state index in [9.17, 15) is 4.39 Å². The molecule has 0 radical (unpaired) electrons. The summed E-state index contributed by atoms with van der Waals surface area (Å²) in [6.45, 7) is 0. The molecule has 1 aromatic heterocycles. The lowest BCUT2D eigenvalue weighted by Crippen LogP contribution is -2.08. The summed E-state index contributed by atoms with van der Waals surface area (Å²) in [6, 6.07) is 13.8. The molecule has 0 aliphatic rings. The van der Waals surface area contributed by atoms with Crippen LogP contribution in [0.3, 0.4) is 0 Å². The maximum absolute atomic E-state index is 13.0. The van der Waals surface area contributed by atoms with Crippen LogP contribution in [0, 0.1) is 5.82 Å². The Hall–Kier alpha value is -2.89. The SMILES string of the molecule is CN(C)c1ccc(-c2nnn(-c3ccc(F)cc3)c2N)cc1. The zero-order chi connectivity index (χ0) is 15.7. The van der Waals surface area contributed by atoms with E-state index in [0.29, 0.717) is 17.2 Å². The highest BCUT2D eigenvalue weighted by Gasteiger charge is 2.13. The van der Waals surface area contributed by atoms with Gasteiger partial charge < -0.3 is 10.6 Å². The Labute approximate surface area is 127 Å². The van der Waals surface area contributed by atoms with E-state index in [2.05, 4.69) is 10.3 Å². The number of nitrogens with zero attached hydrogens (tertiary/aromatic N) is 4. The zero-order valence-electron chi connectivity index (χ0n) is 12.4. The normalized spacial score (nSPS) is 10.7. The molecule has 2 N–H and O–H groups in total. The summed E-state index contributed by atoms with van der Waals surface area (Å²) < 4.78 is 14.5. The minimum Gasteiger partial charge on any atom is -0.382 e. The van der Waals surface area contributed by atoms with E-state index in [1.807, 2.05) is 43.3 Å². The minimum absolute atomic E-state index is 0.304. The molecule has 0 atom stereocenters. The van der Waals surface area contributed by atoms with Crippen molar-refractivity contribution in [1.82, 2.24) is 15.0 Å². The van der Waals surface area contributed by atoms with Crippen molar-refractivity contribution >= 4 is 11.5 Å². The lowest BCUT2D eigenvalue weighted by atomic mass is 10.1. The van der Waals surface area contributed by atoms with E-state index in [1.54, 1.807) is 12.1 Å². The van der Waals surface area contributed by atoms with Crippen molar-refractivity contribution in [2.24, 2.45) is 0 Å². The lowest BCUT2D eigenvalue weighted by molar-refractivity contribution is 0.627. The molecule has 0 spiro atoms. The van der Waals surface area contributed by atoms with E-state index >= 15 is 0 Å². The summed E-state index contributed by atoms with van der Waals surface area (Å²) in [5.74, 6) is 0.117. The van der Waals surface area contributed by atoms with Crippen LogP contribution < -0.4 is 10.6 Å². The number of hydrogen-bond acceptors (Lipinski definition) is 4. The van der Waals surface area contributed by atoms with E-state index < -0.39 is 0 Å². The first kappa shape index (κ1) is 14.1. The molecule has 112 valence electrons. The van der Waals surface area contributed by atoms with E-state index in [0.717, 1.165) is 11.3 Å². The highest BCUT2D eigenvalue weighted by Crippen LogP contribution is 2.26. The molecule has 0 bridgehead atoms. The Morgan fingerprint density at radius 1 is 1.00 bits per heavy atom. The second-order valence-electron chi connectivity index (χ2n) is 5.15. The molecule has 22 heavy (non-hydrogen) atoms. The van der Waals surface area contributed by atoms with Crippen LogP contribution in [-0.2, 0) is 0 Å². The number of hydrogen-bond donors (Lipinski definition) is 1. The Morgan fingerprint density at radius 3 is 2.23 bits per heavy atom. The lowest BCUT2D eigenvalue weighted by Gasteiger charge is -2.12. The number of halogens is 1. The molecule has 5 nitrogen and oxygen atoms in total. The first-order chi connectivity index (χ1) is 10.6. The van der Waals surface area contributed by atoms with Crippen molar-refractivity contribution in [3.05, 3.63) is 54.3 Å². The van der Waals surface area contributed by atoms with Crippen molar-refractivity contribution in [2.75, 3.05) is 24.7 Å². The van der Waals surface area contributed by atoms with Gasteiger partial charge in [0.15, 0.2) is 5.82 Å². The predicted molar refractivity (Wildman–Crippen MR) is 85.5 cm³/mol. The highest BCUT2D eigenvalue weighted by atomic mass is 19.1. The first-order valence-corrected chi connectivity index (χ1v) is 6.81. The topological polar surface area (TPSA) is 60.0 Å². The van der Waals surface area contributed by atoms with Gasteiger partial charge in [-0.1, -0.05) is 17.3 Å². The predicted octanol–water partition coefficient (Wildman–Crippen LogP) is 2.72. The molecule has 0 amide bonds. The van der Waals surface area contributed by atoms with Gasteiger partial charge in [-0.15, -0.1) is 5.10 Å². The Balaban J connectivity index is 1.98. The van der Waals surface area contributed by atoms with Crippen LogP contribution in [0.2, 0.25) is 0 Å². The molecule has 0 fully saturated rings. The maximum Gasteiger partial charge on any atom is 0.155 e. The number of aromatic nitrogens is 3. The van der Waals surface area contributed by atoms with Crippen LogP contribution in [-0.4, -0.2) is 29.1 Å². The van der Waals surface area contributed by atoms with Crippen molar-refractivity contribution in [1.29, 1.82) is 0 Å². The van der Waals surface area contributed by atoms with Gasteiger partial charge in [-0.25, -0.2) is 4.39 Å². The molecular formula is C16H16FN5. The number of benzene rings is 2. The second-order valence-corrected chi connectivity index (χ2v) is 5.15. The molecule has 0 unspecified atom stereocenters. The second kappa shape index (κ2) is 5.48. The number of nitrogen functional groups attached to an aromatic ring is 1. The van der Waals surface area contributed by atoms with Crippen molar-refractivity contribution in [2.45, 2.75) is 0 Å². The van der Waals surface area contributed by atoms with Gasteiger partial charge in [0.05, 0.1) is 5.69 Å². The number of nitrogens with two attached hydrogens (primary N) is 1. The van der Waals surface area contributed by atoms with Gasteiger partial charge in [-0.3, -0.25) is 0 Å². The fourth-order valence-electron chi connectivity index (χ4n) is 2.19. The average molecular weight is 297 g/mol. The fraction of sp³-hybridized carbons (Fsp3) is 0.125. The van der Waals surface area contributed by atoms with Crippen molar-refractivity contribution in [3.8, 4) is 16.9 Å². The quantitative estimate of drug-likeness (QED) is 0.807. The molecule has 3 aromatic rings. The summed E-state index contributed by atoms with van der Waals surface area (Å²) in [5, 5.41) is 8.20. The molecule has 0 aliphatic carbocycles. The van der Waals surface area contributed by atoms with Gasteiger partial charge in [-0.05, 0) is 36.4 Å². The highest BCUT2D eigenvalue weighted by molar-refractivity contribution is 5.72. The first-order valence-electron chi connectivity index (χ1n) is 6.81. The number of rotatable bonds is 3. The summed E-state index contributed by atoms with van der Waals surface area (Å²) in [5.41, 5.74) is 9.39. The average Bonchev–Trinajstić information content (AvgIpc) is 2.90. The monoisotopic (exact) mass is 297 g/mol. The molecule has 6 heteroatoms. The van der Waals surface area contributed by atoms with Gasteiger partial charge in [0.2, 0.25) is 0 Å². The Bertz CT molecular complexity index is 775. The van der Waals surface area contributed by atoms with E-state index in [-0.39, 0.29) is 5.82 Å². The van der Waals surface area contributed by atoms with Crippen LogP contribution in [0.15, 0.2) is 48.5 Å². The van der Waals surface area contributed by atoms with Gasteiger partial charge in [0, 0.05) is 25.3 Å². The molecule has 1 heterocycles. The van der Waals surface area contributed by atoms with Gasteiger partial charge in [0.1, 0.15) is 11.5 Å². The molecular weight excluding hydrogens is 281 g/mol. The smallest absolute Gasteiger partial charge is 0.155 e. The van der Waals surface area contributed by atoms with Crippen LogP contribution >= 0.6 is 0 Å². The zero-order valence-corrected chi connectivity index (χ0v) is 12.4. The molecule has 2 aromatic carbocycles. The summed E-state index contributed by atoms with van der Waals surface area (Å²) in [4.78, 5) is 2.02. The van der Waals surface area contributed by atoms with Crippen LogP contribution in [0.25, 0.3) is 16.9 Å². The molecule has 0 saturated heterocycles. The van der Waals surface area contributed by atoms with Crippen molar-refractivity contribution < 1.29 is 4.39 Å². The fourth-order valence-corrected chi connectivity index (χ4v) is 2.19. The Morgan fingerprint density at radius 2 is 1.64 bits per heavy atom. The third kappa shape index (κ3) is 2.50. The van der Waals surface area contributed by atoms with E-state index in [4.69, 9.17) is 5.73 Å². The largest absolute Gasteiger partial charge is 0.382 e. The molecule has 0 aliphatic heterocycles. The summed E-state index contributed by atoms with van der Waals surface area (Å²) in [7, 11) is 3.96. The standard InChI is InChI=1S/C16H16FN5/c1-21(2)13-7-3-11(4-8-13)15-16(18)22(20-19-15)14-9-5-12(17)6-10-14/h3-10H,18H2,1-2H3. The Kier molecular flexibility index (Phi) is 3.50. The summed E-state index contributed by atoms with van der Waals surface area (Å²) in [6.07, 6.45) is 0. The van der Waals surface area contributed by atoms with Crippen LogP contribution in [0.4, 0.5) is 15.9 Å². The summed E-state index contributed by atoms with van der Waals surface area (Å²) >= 11 is 0. The minimum atomic E-state index is -0.304. The third-order valence-corrected chi connectivity index (χ3v) is 3.43. The van der Waals surface area contributed by atoms with Gasteiger partial charge >= 0.3 is 0 Å². The van der Waals surface area contributed by atoms with Crippen molar-refractivity contribution in [3.63, 3.8) is 0 Å². The maximum atomic E-state index is 13.0. The van der Waals surface area contributed by atoms with Crippen LogP contribution in [0.1, 0.15) is 0 Å². The van der Waals surface area contributed by atoms with E-state index in [1.165, 1.54) is 16.8 Å². The van der Waals surface area contributed by atoms with Crippen LogP contribution in [0.5, 0.6) is 0 Å². The van der Waals surface area contributed by atoms with Gasteiger partial charge in [0.25, 0.3) is 0 Å². The molecule has 0 saturated carbocycles. The third-order valence-electron chi connectivity index (χ3n) is 3.43. The van der Waals surface area contributed by atoms with Gasteiger partial charge in [-0.2, -0.15) is 4.68 Å².